The maximum Gasteiger partial charge on any atom is 0.153 e. The molecule has 2 heterocycles. The zero-order chi connectivity index (χ0) is 14.5. The van der Waals surface area contributed by atoms with Gasteiger partial charge in [-0.25, -0.2) is 9.97 Å². The molecule has 0 amide bonds. The number of benzene rings is 1. The third kappa shape index (κ3) is 2.74. The molecule has 0 saturated heterocycles. The van der Waals surface area contributed by atoms with Crippen LogP contribution in [0, 0.1) is 11.3 Å². The lowest BCUT2D eigenvalue weighted by molar-refractivity contribution is 0.579. The van der Waals surface area contributed by atoms with E-state index in [0.717, 1.165) is 5.56 Å². The molecule has 0 atom stereocenters. The summed E-state index contributed by atoms with van der Waals surface area (Å²) in [6.07, 6.45) is 2.97. The summed E-state index contributed by atoms with van der Waals surface area (Å²) < 4.78 is 5.31. The fourth-order valence-corrected chi connectivity index (χ4v) is 2.01. The number of hydrogen-bond donors (Lipinski definition) is 1. The van der Waals surface area contributed by atoms with Crippen LogP contribution in [0.15, 0.2) is 59.5 Å². The first-order valence-electron chi connectivity index (χ1n) is 6.45. The van der Waals surface area contributed by atoms with Crippen molar-refractivity contribution in [1.29, 1.82) is 5.26 Å². The van der Waals surface area contributed by atoms with Crippen LogP contribution in [0.2, 0.25) is 0 Å². The topological polar surface area (TPSA) is 74.7 Å². The minimum absolute atomic E-state index is 0.378. The highest BCUT2D eigenvalue weighted by atomic mass is 16.3. The molecule has 0 bridgehead atoms. The predicted octanol–water partition coefficient (Wildman–Crippen LogP) is 3.22. The second-order valence-electron chi connectivity index (χ2n) is 4.37. The van der Waals surface area contributed by atoms with E-state index in [1.165, 1.54) is 6.33 Å². The summed E-state index contributed by atoms with van der Waals surface area (Å²) >= 11 is 0. The number of nitrogens with zero attached hydrogens (tertiary/aromatic N) is 3. The van der Waals surface area contributed by atoms with Crippen LogP contribution in [0.3, 0.4) is 0 Å². The number of rotatable bonds is 4. The van der Waals surface area contributed by atoms with Gasteiger partial charge in [-0.1, -0.05) is 30.3 Å². The van der Waals surface area contributed by atoms with Gasteiger partial charge in [-0.05, 0) is 17.7 Å². The number of aromatic nitrogens is 2. The van der Waals surface area contributed by atoms with Crippen molar-refractivity contribution in [3.05, 3.63) is 66.2 Å². The summed E-state index contributed by atoms with van der Waals surface area (Å²) in [7, 11) is 0. The largest absolute Gasteiger partial charge is 0.463 e. The number of nitrogens with one attached hydrogen (secondary N) is 1. The first-order valence-corrected chi connectivity index (χ1v) is 6.45. The highest BCUT2D eigenvalue weighted by Crippen LogP contribution is 2.25. The third-order valence-electron chi connectivity index (χ3n) is 3.02. The second kappa shape index (κ2) is 5.88. The van der Waals surface area contributed by atoms with Crippen LogP contribution in [-0.2, 0) is 6.54 Å². The maximum atomic E-state index is 9.38. The Bertz CT molecular complexity index is 761. The van der Waals surface area contributed by atoms with E-state index in [4.69, 9.17) is 4.42 Å². The predicted molar refractivity (Wildman–Crippen MR) is 78.2 cm³/mol. The highest BCUT2D eigenvalue weighted by molar-refractivity contribution is 5.69. The Morgan fingerprint density at radius 1 is 1.10 bits per heavy atom. The van der Waals surface area contributed by atoms with Crippen LogP contribution >= 0.6 is 0 Å². The molecule has 0 radical (unpaired) electrons. The molecule has 2 aromatic heterocycles. The molecule has 102 valence electrons. The van der Waals surface area contributed by atoms with Gasteiger partial charge in [0.25, 0.3) is 0 Å². The molecule has 3 aromatic rings. The lowest BCUT2D eigenvalue weighted by Crippen LogP contribution is -2.05. The summed E-state index contributed by atoms with van der Waals surface area (Å²) in [5.74, 6) is 1.06. The number of anilines is 1. The summed E-state index contributed by atoms with van der Waals surface area (Å²) in [5.41, 5.74) is 1.98. The van der Waals surface area contributed by atoms with E-state index in [-0.39, 0.29) is 0 Å². The molecule has 0 aliphatic carbocycles. The molecule has 0 spiro atoms. The fourth-order valence-electron chi connectivity index (χ4n) is 2.01. The Kier molecular flexibility index (Phi) is 3.61. The molecule has 0 fully saturated rings. The minimum atomic E-state index is 0.378. The van der Waals surface area contributed by atoms with Crippen molar-refractivity contribution in [2.75, 3.05) is 5.32 Å². The van der Waals surface area contributed by atoms with Gasteiger partial charge < -0.3 is 9.73 Å². The molecule has 0 saturated carbocycles. The van der Waals surface area contributed by atoms with Crippen molar-refractivity contribution in [3.63, 3.8) is 0 Å². The molecule has 21 heavy (non-hydrogen) atoms. The first kappa shape index (κ1) is 12.9. The first-order chi connectivity index (χ1) is 10.4. The molecule has 0 unspecified atom stereocenters. The molecule has 5 nitrogen and oxygen atoms in total. The van der Waals surface area contributed by atoms with Gasteiger partial charge in [0.2, 0.25) is 0 Å². The Hall–Kier alpha value is -3.13. The summed E-state index contributed by atoms with van der Waals surface area (Å²) in [5, 5.41) is 12.6. The van der Waals surface area contributed by atoms with Crippen LogP contribution in [0.1, 0.15) is 11.1 Å². The SMILES string of the molecule is N#Cc1c(NCc2ccccc2)ncnc1-c1ccco1. The summed E-state index contributed by atoms with van der Waals surface area (Å²) in [6.45, 7) is 0.587. The Morgan fingerprint density at radius 2 is 1.95 bits per heavy atom. The molecule has 3 rings (SSSR count). The van der Waals surface area contributed by atoms with Crippen molar-refractivity contribution in [2.24, 2.45) is 0 Å². The van der Waals surface area contributed by atoms with E-state index in [9.17, 15) is 5.26 Å². The van der Waals surface area contributed by atoms with Crippen molar-refractivity contribution in [2.45, 2.75) is 6.54 Å². The number of hydrogen-bond acceptors (Lipinski definition) is 5. The van der Waals surface area contributed by atoms with Crippen molar-refractivity contribution in [1.82, 2.24) is 9.97 Å². The zero-order valence-corrected chi connectivity index (χ0v) is 11.2. The van der Waals surface area contributed by atoms with E-state index in [1.54, 1.807) is 18.4 Å². The van der Waals surface area contributed by atoms with Crippen LogP contribution in [0.5, 0.6) is 0 Å². The smallest absolute Gasteiger partial charge is 0.153 e. The molecule has 0 aliphatic heterocycles. The van der Waals surface area contributed by atoms with Crippen molar-refractivity contribution in [3.8, 4) is 17.5 Å². The van der Waals surface area contributed by atoms with Gasteiger partial charge in [0, 0.05) is 6.54 Å². The van der Waals surface area contributed by atoms with Crippen LogP contribution in [-0.4, -0.2) is 9.97 Å². The van der Waals surface area contributed by atoms with Gasteiger partial charge in [-0.2, -0.15) is 5.26 Å². The van der Waals surface area contributed by atoms with Crippen LogP contribution < -0.4 is 5.32 Å². The molecule has 1 aromatic carbocycles. The Labute approximate surface area is 121 Å². The van der Waals surface area contributed by atoms with Gasteiger partial charge in [0.1, 0.15) is 29.5 Å². The van der Waals surface area contributed by atoms with Crippen LogP contribution in [0.25, 0.3) is 11.5 Å². The normalized spacial score (nSPS) is 10.0. The lowest BCUT2D eigenvalue weighted by Gasteiger charge is -2.08. The molecular formula is C16H12N4O. The van der Waals surface area contributed by atoms with Gasteiger partial charge in [-0.15, -0.1) is 0 Å². The van der Waals surface area contributed by atoms with Gasteiger partial charge in [0.15, 0.2) is 5.76 Å². The van der Waals surface area contributed by atoms with Crippen molar-refractivity contribution < 1.29 is 4.42 Å². The van der Waals surface area contributed by atoms with E-state index in [0.29, 0.717) is 29.4 Å². The van der Waals surface area contributed by atoms with E-state index in [2.05, 4.69) is 21.4 Å². The Morgan fingerprint density at radius 3 is 2.67 bits per heavy atom. The van der Waals surface area contributed by atoms with Crippen molar-refractivity contribution >= 4 is 5.82 Å². The molecule has 0 aliphatic rings. The summed E-state index contributed by atoms with van der Waals surface area (Å²) in [6, 6.07) is 15.6. The van der Waals surface area contributed by atoms with Gasteiger partial charge in [-0.3, -0.25) is 0 Å². The average Bonchev–Trinajstić information content (AvgIpc) is 3.07. The van der Waals surface area contributed by atoms with Gasteiger partial charge >= 0.3 is 0 Å². The van der Waals surface area contributed by atoms with Crippen LogP contribution in [0.4, 0.5) is 5.82 Å². The maximum absolute atomic E-state index is 9.38. The number of nitriles is 1. The standard InChI is InChI=1S/C16H12N4O/c17-9-13-15(14-7-4-8-21-14)19-11-20-16(13)18-10-12-5-2-1-3-6-12/h1-8,11H,10H2,(H,18,19,20). The van der Waals surface area contributed by atoms with Gasteiger partial charge in [0.05, 0.1) is 6.26 Å². The van der Waals surface area contributed by atoms with E-state index in [1.807, 2.05) is 30.3 Å². The highest BCUT2D eigenvalue weighted by Gasteiger charge is 2.14. The second-order valence-corrected chi connectivity index (χ2v) is 4.37. The minimum Gasteiger partial charge on any atom is -0.463 e. The lowest BCUT2D eigenvalue weighted by atomic mass is 10.1. The van der Waals surface area contributed by atoms with E-state index >= 15 is 0 Å². The van der Waals surface area contributed by atoms with E-state index < -0.39 is 0 Å². The summed E-state index contributed by atoms with van der Waals surface area (Å²) in [4.78, 5) is 8.29. The molecule has 5 heteroatoms. The molecular weight excluding hydrogens is 264 g/mol. The zero-order valence-electron chi connectivity index (χ0n) is 11.2. The monoisotopic (exact) mass is 276 g/mol. The fraction of sp³-hybridized carbons (Fsp3) is 0.0625. The number of furan rings is 1. The molecule has 1 N–H and O–H groups in total. The third-order valence-corrected chi connectivity index (χ3v) is 3.02. The quantitative estimate of drug-likeness (QED) is 0.791. The Balaban J connectivity index is 1.89. The average molecular weight is 276 g/mol.